The topological polar surface area (TPSA) is 50.7 Å². The lowest BCUT2D eigenvalue weighted by atomic mass is 10.3. The van der Waals surface area contributed by atoms with Crippen molar-refractivity contribution < 1.29 is 18.3 Å². The summed E-state index contributed by atoms with van der Waals surface area (Å²) in [6.45, 7) is 1.74. The van der Waals surface area contributed by atoms with Crippen molar-refractivity contribution in [3.05, 3.63) is 29.8 Å². The monoisotopic (exact) mass is 262 g/mol. The molecule has 0 aromatic heterocycles. The van der Waals surface area contributed by atoms with Gasteiger partial charge < -0.3 is 4.74 Å². The number of carbonyl (C=O) groups is 1. The summed E-state index contributed by atoms with van der Waals surface area (Å²) < 4.78 is 30.4. The normalized spacial score (nSPS) is 11.2. The summed E-state index contributed by atoms with van der Waals surface area (Å²) in [6.07, 6.45) is 0. The second-order valence-electron chi connectivity index (χ2n) is 2.86. The largest absolute Gasteiger partial charge is 0.461 e. The van der Waals surface area contributed by atoms with Crippen LogP contribution in [0.3, 0.4) is 0 Å². The highest BCUT2D eigenvalue weighted by molar-refractivity contribution is 6.82. The maximum absolute atomic E-state index is 13.1. The van der Waals surface area contributed by atoms with Crippen LogP contribution in [0.2, 0.25) is 0 Å². The summed E-state index contributed by atoms with van der Waals surface area (Å²) >= 11 is 5.45. The van der Waals surface area contributed by atoms with Crippen LogP contribution in [-0.4, -0.2) is 17.7 Å². The lowest BCUT2D eigenvalue weighted by Gasteiger charge is -2.03. The number of benzene rings is 1. The fourth-order valence-electron chi connectivity index (χ4n) is 0.929. The number of ether oxygens (including phenoxy) is 1. The average molecular weight is 263 g/mol. The van der Waals surface area contributed by atoms with E-state index >= 15 is 0 Å². The van der Waals surface area contributed by atoms with Gasteiger partial charge in [0.25, 0.3) is 0 Å². The van der Waals surface area contributed by atoms with Crippen LogP contribution in [-0.2, 0) is 9.53 Å². The van der Waals surface area contributed by atoms with Gasteiger partial charge in [-0.05, 0) is 19.1 Å². The van der Waals surface area contributed by atoms with Gasteiger partial charge in [0.05, 0.1) is 12.3 Å². The second kappa shape index (κ2) is 6.15. The molecule has 92 valence electrons. The minimum absolute atomic E-state index is 0.138. The Hall–Kier alpha value is -1.69. The van der Waals surface area contributed by atoms with Crippen LogP contribution in [0, 0.1) is 11.6 Å². The third kappa shape index (κ3) is 3.99. The highest BCUT2D eigenvalue weighted by atomic mass is 35.5. The van der Waals surface area contributed by atoms with Crippen LogP contribution < -0.4 is 5.43 Å². The van der Waals surface area contributed by atoms with Gasteiger partial charge in [-0.25, -0.2) is 13.6 Å². The van der Waals surface area contributed by atoms with Gasteiger partial charge in [0.2, 0.25) is 5.17 Å². The zero-order valence-electron chi connectivity index (χ0n) is 8.84. The first-order valence-corrected chi connectivity index (χ1v) is 5.03. The van der Waals surface area contributed by atoms with Crippen molar-refractivity contribution in [1.82, 2.24) is 0 Å². The molecule has 1 rings (SSSR count). The summed E-state index contributed by atoms with van der Waals surface area (Å²) in [6, 6.07) is 2.76. The van der Waals surface area contributed by atoms with E-state index in [4.69, 9.17) is 11.6 Å². The van der Waals surface area contributed by atoms with E-state index in [1.807, 2.05) is 0 Å². The van der Waals surface area contributed by atoms with E-state index < -0.39 is 22.8 Å². The molecule has 0 spiro atoms. The van der Waals surface area contributed by atoms with E-state index in [-0.39, 0.29) is 12.3 Å². The Bertz CT molecular complexity index is 452. The Kier molecular flexibility index (Phi) is 4.84. The first-order chi connectivity index (χ1) is 8.04. The van der Waals surface area contributed by atoms with Gasteiger partial charge >= 0.3 is 5.97 Å². The SMILES string of the molecule is CCOC(=O)/C(Cl)=N/Nc1cc(F)ccc1F. The van der Waals surface area contributed by atoms with E-state index in [9.17, 15) is 13.6 Å². The number of halogens is 3. The number of carbonyl (C=O) groups excluding carboxylic acids is 1. The lowest BCUT2D eigenvalue weighted by molar-refractivity contribution is -0.134. The standard InChI is InChI=1S/C10H9ClF2N2O2/c1-2-17-10(16)9(11)15-14-8-5-6(12)3-4-7(8)13/h3-5,14H,2H2,1H3/b15-9-. The molecule has 0 fully saturated rings. The molecule has 0 aliphatic heterocycles. The molecular weight excluding hydrogens is 254 g/mol. The van der Waals surface area contributed by atoms with Gasteiger partial charge in [0.15, 0.2) is 0 Å². The molecule has 1 aromatic rings. The van der Waals surface area contributed by atoms with Crippen LogP contribution in [0.25, 0.3) is 0 Å². The van der Waals surface area contributed by atoms with Gasteiger partial charge in [0.1, 0.15) is 11.6 Å². The highest BCUT2D eigenvalue weighted by Crippen LogP contribution is 2.15. The molecule has 0 heterocycles. The molecule has 7 heteroatoms. The van der Waals surface area contributed by atoms with Crippen LogP contribution in [0.5, 0.6) is 0 Å². The average Bonchev–Trinajstić information content (AvgIpc) is 2.30. The lowest BCUT2D eigenvalue weighted by Crippen LogP contribution is -2.13. The molecule has 0 unspecified atom stereocenters. The van der Waals surface area contributed by atoms with Crippen molar-refractivity contribution in [2.24, 2.45) is 5.10 Å². The van der Waals surface area contributed by atoms with Crippen molar-refractivity contribution in [3.63, 3.8) is 0 Å². The molecule has 0 radical (unpaired) electrons. The van der Waals surface area contributed by atoms with Crippen LogP contribution in [0.1, 0.15) is 6.92 Å². The van der Waals surface area contributed by atoms with E-state index in [1.165, 1.54) is 0 Å². The molecule has 1 N–H and O–H groups in total. The molecule has 0 aliphatic carbocycles. The number of hydrogen-bond donors (Lipinski definition) is 1. The number of nitrogens with zero attached hydrogens (tertiary/aromatic N) is 1. The predicted molar refractivity (Wildman–Crippen MR) is 59.9 cm³/mol. The van der Waals surface area contributed by atoms with Crippen molar-refractivity contribution >= 4 is 28.4 Å². The Labute approximate surface area is 101 Å². The maximum Gasteiger partial charge on any atom is 0.370 e. The third-order valence-corrected chi connectivity index (χ3v) is 1.89. The molecule has 0 saturated carbocycles. The molecule has 0 saturated heterocycles. The molecule has 4 nitrogen and oxygen atoms in total. The smallest absolute Gasteiger partial charge is 0.370 e. The minimum atomic E-state index is -0.849. The number of rotatable bonds is 4. The van der Waals surface area contributed by atoms with E-state index in [2.05, 4.69) is 15.3 Å². The Balaban J connectivity index is 2.75. The maximum atomic E-state index is 13.1. The van der Waals surface area contributed by atoms with Crippen LogP contribution in [0.4, 0.5) is 14.5 Å². The first-order valence-electron chi connectivity index (χ1n) is 4.66. The third-order valence-electron chi connectivity index (χ3n) is 1.65. The highest BCUT2D eigenvalue weighted by Gasteiger charge is 2.10. The summed E-state index contributed by atoms with van der Waals surface area (Å²) in [4.78, 5) is 11.0. The van der Waals surface area contributed by atoms with Crippen molar-refractivity contribution in [2.75, 3.05) is 12.0 Å². The molecule has 0 aliphatic rings. The summed E-state index contributed by atoms with van der Waals surface area (Å²) in [5.74, 6) is -2.21. The Morgan fingerprint density at radius 3 is 2.88 bits per heavy atom. The number of anilines is 1. The van der Waals surface area contributed by atoms with Crippen molar-refractivity contribution in [1.29, 1.82) is 0 Å². The molecule has 1 aromatic carbocycles. The zero-order chi connectivity index (χ0) is 12.8. The van der Waals surface area contributed by atoms with Gasteiger partial charge in [-0.3, -0.25) is 5.43 Å². The summed E-state index contributed by atoms with van der Waals surface area (Å²) in [7, 11) is 0. The zero-order valence-corrected chi connectivity index (χ0v) is 9.59. The van der Waals surface area contributed by atoms with Crippen LogP contribution in [0.15, 0.2) is 23.3 Å². The number of hydrazone groups is 1. The molecule has 17 heavy (non-hydrogen) atoms. The molecule has 0 amide bonds. The second-order valence-corrected chi connectivity index (χ2v) is 3.22. The Morgan fingerprint density at radius 1 is 1.53 bits per heavy atom. The first kappa shape index (κ1) is 13.4. The minimum Gasteiger partial charge on any atom is -0.461 e. The van der Waals surface area contributed by atoms with Gasteiger partial charge in [-0.2, -0.15) is 5.10 Å². The van der Waals surface area contributed by atoms with Crippen LogP contribution >= 0.6 is 11.6 Å². The van der Waals surface area contributed by atoms with Gasteiger partial charge in [-0.1, -0.05) is 11.6 Å². The van der Waals surface area contributed by atoms with Crippen molar-refractivity contribution in [3.8, 4) is 0 Å². The summed E-state index contributed by atoms with van der Waals surface area (Å²) in [5.41, 5.74) is 1.90. The number of esters is 1. The quantitative estimate of drug-likeness (QED) is 0.515. The van der Waals surface area contributed by atoms with Gasteiger partial charge in [0, 0.05) is 6.07 Å². The number of hydrogen-bond acceptors (Lipinski definition) is 4. The van der Waals surface area contributed by atoms with E-state index in [1.54, 1.807) is 6.92 Å². The fourth-order valence-corrected chi connectivity index (χ4v) is 1.03. The van der Waals surface area contributed by atoms with E-state index in [0.717, 1.165) is 18.2 Å². The molecule has 0 atom stereocenters. The van der Waals surface area contributed by atoms with E-state index in [0.29, 0.717) is 0 Å². The predicted octanol–water partition coefficient (Wildman–Crippen LogP) is 2.49. The van der Waals surface area contributed by atoms with Crippen molar-refractivity contribution in [2.45, 2.75) is 6.92 Å². The van der Waals surface area contributed by atoms with Gasteiger partial charge in [-0.15, -0.1) is 0 Å². The molecular formula is C10H9ClF2N2O2. The molecule has 0 bridgehead atoms. The number of nitrogens with one attached hydrogen (secondary N) is 1. The summed E-state index contributed by atoms with van der Waals surface area (Å²) in [5, 5.41) is 2.86. The fraction of sp³-hybridized carbons (Fsp3) is 0.200. The Morgan fingerprint density at radius 2 is 2.24 bits per heavy atom.